The smallest absolute Gasteiger partial charge is 0.303 e. The van der Waals surface area contributed by atoms with Gasteiger partial charge in [0, 0.05) is 117 Å². The number of aryl methyl sites for hydroxylation is 4. The van der Waals surface area contributed by atoms with Crippen molar-refractivity contribution < 1.29 is 53.7 Å². The van der Waals surface area contributed by atoms with Crippen LogP contribution < -0.4 is 38.9 Å². The predicted octanol–water partition coefficient (Wildman–Crippen LogP) is 15.9. The number of nitrogens with one attached hydrogen (secondary N) is 3. The molecule has 6 aromatic carbocycles. The fraction of sp³-hybridized carbons (Fsp3) is 0.351. The number of nitrogens with two attached hydrogens (primary N) is 4. The number of β-amino-alcohol motifs (C(OH)–C–C–N with tert-alkyl or cyclic N) is 2. The van der Waals surface area contributed by atoms with Crippen LogP contribution in [0.5, 0.6) is 0 Å². The zero-order chi connectivity index (χ0) is 101. The number of benzene rings is 6. The first-order valence-electron chi connectivity index (χ1n) is 48.6. The van der Waals surface area contributed by atoms with Crippen molar-refractivity contribution in [3.8, 4) is 77.5 Å². The highest BCUT2D eigenvalue weighted by atomic mass is 32.1. The van der Waals surface area contributed by atoms with Crippen molar-refractivity contribution in [1.82, 2.24) is 74.8 Å². The van der Waals surface area contributed by atoms with Crippen LogP contribution in [0.1, 0.15) is 170 Å². The number of hydrogen-bond acceptors (Lipinski definition) is 24. The van der Waals surface area contributed by atoms with Gasteiger partial charge < -0.3 is 64.0 Å². The van der Waals surface area contributed by atoms with Gasteiger partial charge in [-0.05, 0) is 204 Å². The molecular formula is C111H123N19O11S2. The standard InChI is InChI=1S/C55H60N10O5S.C31H29N5O2.C25H34N4O4S/c1-33-48(71-32-61-33)36-14-11-35(12-15-36)29-60-52(69)46-28-41(67)31-64(46)53(70)43(54(2,3)4)27-40(66)30-59-47(68)22-13-34-8-5-9-37(26-34)44-20-21-45-51(62-44)65(50(63-45)42-10-6-25-58-49(42)56)39-18-16-38(17-19-39)55(57)23-7-24-55;1-31(16-4-17-31)22-9-11-23(12-10-22)36-29(24-7-3-18-33-28(24)32)35-26-14-13-25(34-30(26)36)21-6-2-5-20(19-21)8-15-27(37)38;1-15-22(34-14-28-15)17-7-5-16(6-8-17)12-27-23(32)21-10-19(31)13-29(21)24(33)20(25(2,3)4)9-18(30)11-26/h5-6,8-12,14-21,25-26,32,41,43,46,67H,7,13,22-24,27-31,57H2,1-4H3,(H2,56,58)(H,59,68)(H,60,69);2-3,5-7,9-14,18-19H,4,8,15-17H2,1H3,(H2,32,33)(H,37,38);5-8,14,19-21,31H,9-13,26H2,1-4H3,(H,27,32)/t41-,43-,46+;;19-,20-,21+/m1.1/s1. The van der Waals surface area contributed by atoms with E-state index in [0.29, 0.717) is 59.4 Å². The number of anilines is 2. The maximum absolute atomic E-state index is 14.2. The Bertz CT molecular complexity index is 7020. The highest BCUT2D eigenvalue weighted by Gasteiger charge is 2.47. The zero-order valence-electron chi connectivity index (χ0n) is 82.0. The molecule has 14 N–H and O–H groups in total. The van der Waals surface area contributed by atoms with Crippen molar-refractivity contribution in [2.24, 2.45) is 34.1 Å². The molecule has 2 aliphatic heterocycles. The Morgan fingerprint density at radius 1 is 0.490 bits per heavy atom. The number of carboxylic acid groups (broad SMARTS) is 1. The van der Waals surface area contributed by atoms with Crippen molar-refractivity contribution in [2.45, 2.75) is 201 Å². The Morgan fingerprint density at radius 3 is 1.31 bits per heavy atom. The topological polar surface area (TPSA) is 457 Å². The van der Waals surface area contributed by atoms with E-state index in [1.165, 1.54) is 34.6 Å². The van der Waals surface area contributed by atoms with Crippen LogP contribution in [0, 0.1) is 36.5 Å². The van der Waals surface area contributed by atoms with Crippen LogP contribution in [0.4, 0.5) is 11.6 Å². The number of likely N-dealkylation sites (tertiary alicyclic amines) is 2. The van der Waals surface area contributed by atoms with Crippen LogP contribution in [0.25, 0.3) is 99.9 Å². The number of carbonyl (C=O) groups is 8. The molecule has 4 fully saturated rings. The number of ketones is 2. The lowest BCUT2D eigenvalue weighted by Crippen LogP contribution is -2.50. The summed E-state index contributed by atoms with van der Waals surface area (Å²) in [6.07, 6.45) is 9.65. The quantitative estimate of drug-likeness (QED) is 0.0193. The molecule has 10 heterocycles. The van der Waals surface area contributed by atoms with Gasteiger partial charge in [0.1, 0.15) is 40.5 Å². The van der Waals surface area contributed by atoms with Gasteiger partial charge in [-0.1, -0.05) is 164 Å². The third kappa shape index (κ3) is 23.6. The molecule has 740 valence electrons. The van der Waals surface area contributed by atoms with Crippen molar-refractivity contribution >= 4 is 104 Å². The average Bonchev–Trinajstić information content (AvgIpc) is 1.58. The first kappa shape index (κ1) is 102. The molecule has 2 saturated heterocycles. The number of aliphatic hydroxyl groups is 2. The number of amides is 5. The predicted molar refractivity (Wildman–Crippen MR) is 557 cm³/mol. The lowest BCUT2D eigenvalue weighted by molar-refractivity contribution is -0.146. The number of nitrogen functional groups attached to an aromatic ring is 2. The Labute approximate surface area is 839 Å². The number of aliphatic hydroxyl groups excluding tert-OH is 2. The number of aliphatic carboxylic acids is 1. The molecule has 14 aromatic rings. The molecule has 0 bridgehead atoms. The molecule has 143 heavy (non-hydrogen) atoms. The summed E-state index contributed by atoms with van der Waals surface area (Å²) in [5.41, 5.74) is 46.8. The summed E-state index contributed by atoms with van der Waals surface area (Å²) in [5.74, 6) is -2.31. The number of Topliss-reactive ketones (excluding diaryl/α,β-unsaturated/α-hetero) is 2. The van der Waals surface area contributed by atoms with Gasteiger partial charge in [0.15, 0.2) is 28.7 Å². The first-order chi connectivity index (χ1) is 68.5. The largest absolute Gasteiger partial charge is 0.481 e. The summed E-state index contributed by atoms with van der Waals surface area (Å²) >= 11 is 3.16. The third-order valence-electron chi connectivity index (χ3n) is 28.0. The molecule has 5 amide bonds. The molecule has 6 atom stereocenters. The lowest BCUT2D eigenvalue weighted by atomic mass is 9.66. The Balaban J connectivity index is 0.000000171. The average molecular weight is 1960 g/mol. The maximum Gasteiger partial charge on any atom is 0.303 e. The Hall–Kier alpha value is -14.3. The van der Waals surface area contributed by atoms with E-state index in [1.807, 2.05) is 233 Å². The van der Waals surface area contributed by atoms with Gasteiger partial charge >= 0.3 is 5.97 Å². The Kier molecular flexibility index (Phi) is 31.0. The summed E-state index contributed by atoms with van der Waals surface area (Å²) < 4.78 is 4.04. The summed E-state index contributed by atoms with van der Waals surface area (Å²) in [5, 5.41) is 38.6. The summed E-state index contributed by atoms with van der Waals surface area (Å²) in [6.45, 7) is 17.8. The van der Waals surface area contributed by atoms with Crippen LogP contribution >= 0.6 is 22.7 Å². The van der Waals surface area contributed by atoms with Gasteiger partial charge in [0.05, 0.1) is 80.0 Å². The number of aromatic nitrogens is 10. The van der Waals surface area contributed by atoms with E-state index in [0.717, 1.165) is 130 Å². The van der Waals surface area contributed by atoms with E-state index in [9.17, 15) is 48.6 Å². The summed E-state index contributed by atoms with van der Waals surface area (Å²) in [4.78, 5) is 146. The van der Waals surface area contributed by atoms with Crippen molar-refractivity contribution in [2.75, 3.05) is 37.6 Å². The third-order valence-corrected chi connectivity index (χ3v) is 29.9. The SMILES string of the molecule is CC1(c2ccc(-n3c(-c4cccnc4N)nc4ccc(-c5cccc(CCC(=O)O)c5)nc43)cc2)CCC1.Cc1ncsc1-c1ccc(CNC(=O)[C@@H]2C[C@@H](O)CN2C(=O)[C@@H](CC(=O)CN)C(C)(C)C)cc1.Cc1ncsc1-c1ccc(CNC(=O)[C@@H]2C[C@@H](O)CN2C(=O)[C@@H](CC(=O)CNC(=O)CCc2cccc(-c3ccc4nc(-c5cccnc5N)n(-c5ccc(C6(N)CCC6)cc5)c4n3)c2)C(C)(C)C)cc1. The fourth-order valence-electron chi connectivity index (χ4n) is 19.1. The normalized spacial score (nSPS) is 16.8. The molecule has 0 unspecified atom stereocenters. The summed E-state index contributed by atoms with van der Waals surface area (Å²) in [6, 6.07) is 62.1. The van der Waals surface area contributed by atoms with E-state index < -0.39 is 52.9 Å². The van der Waals surface area contributed by atoms with Crippen LogP contribution in [-0.4, -0.2) is 172 Å². The van der Waals surface area contributed by atoms with E-state index in [4.69, 9.17) is 48.0 Å². The second kappa shape index (κ2) is 43.7. The van der Waals surface area contributed by atoms with E-state index in [-0.39, 0.29) is 123 Å². The molecule has 8 aromatic heterocycles. The van der Waals surface area contributed by atoms with Gasteiger partial charge in [-0.25, -0.2) is 39.9 Å². The van der Waals surface area contributed by atoms with Crippen molar-refractivity contribution in [3.05, 3.63) is 262 Å². The fourth-order valence-corrected chi connectivity index (χ4v) is 20.8. The maximum atomic E-state index is 14.2. The van der Waals surface area contributed by atoms with E-state index in [1.54, 1.807) is 35.1 Å². The number of nitrogens with zero attached hydrogens (tertiary/aromatic N) is 12. The Morgan fingerprint density at radius 2 is 0.923 bits per heavy atom. The minimum Gasteiger partial charge on any atom is -0.481 e. The highest BCUT2D eigenvalue weighted by Crippen LogP contribution is 2.46. The lowest BCUT2D eigenvalue weighted by Gasteiger charge is -2.39. The van der Waals surface area contributed by atoms with Gasteiger partial charge in [0.25, 0.3) is 0 Å². The number of hydrogen-bond donors (Lipinski definition) is 10. The second-order valence-corrected chi connectivity index (χ2v) is 42.0. The number of pyridine rings is 4. The van der Waals surface area contributed by atoms with Crippen LogP contribution in [0.2, 0.25) is 0 Å². The number of rotatable bonds is 31. The molecule has 30 nitrogen and oxygen atoms in total. The molecule has 0 radical (unpaired) electrons. The van der Waals surface area contributed by atoms with Gasteiger partial charge in [0.2, 0.25) is 29.5 Å². The van der Waals surface area contributed by atoms with Gasteiger partial charge in [-0.15, -0.1) is 22.7 Å². The number of imidazole rings is 2. The van der Waals surface area contributed by atoms with Crippen molar-refractivity contribution in [3.63, 3.8) is 0 Å². The van der Waals surface area contributed by atoms with Crippen molar-refractivity contribution in [1.29, 1.82) is 0 Å². The first-order valence-corrected chi connectivity index (χ1v) is 50.4. The number of thiazole rings is 2. The summed E-state index contributed by atoms with van der Waals surface area (Å²) in [7, 11) is 0. The zero-order valence-corrected chi connectivity index (χ0v) is 83.6. The molecule has 0 spiro atoms. The second-order valence-electron chi connectivity index (χ2n) is 40.3. The van der Waals surface area contributed by atoms with E-state index in [2.05, 4.69) is 79.2 Å². The minimum atomic E-state index is -0.888. The molecule has 2 aliphatic carbocycles. The molecule has 2 saturated carbocycles. The molecule has 32 heteroatoms. The van der Waals surface area contributed by atoms with Crippen LogP contribution in [0.15, 0.2) is 218 Å². The van der Waals surface area contributed by atoms with Crippen LogP contribution in [0.3, 0.4) is 0 Å². The molecule has 4 aliphatic rings. The molecular weight excluding hydrogens is 1840 g/mol. The number of fused-ring (bicyclic) bond motifs is 2. The minimum absolute atomic E-state index is 0.0128. The number of carbonyl (C=O) groups excluding carboxylic acids is 7. The highest BCUT2D eigenvalue weighted by molar-refractivity contribution is 7.13. The molecule has 18 rings (SSSR count). The number of carboxylic acids is 1. The van der Waals surface area contributed by atoms with Gasteiger partial charge in [-0.3, -0.25) is 47.5 Å². The van der Waals surface area contributed by atoms with Crippen LogP contribution in [-0.2, 0) is 75.2 Å². The van der Waals surface area contributed by atoms with E-state index >= 15 is 0 Å². The van der Waals surface area contributed by atoms with Gasteiger partial charge in [-0.2, -0.15) is 0 Å². The monoisotopic (exact) mass is 1960 g/mol.